The summed E-state index contributed by atoms with van der Waals surface area (Å²) in [6.07, 6.45) is 1.09. The molecule has 1 unspecified atom stereocenters. The molecule has 2 fully saturated rings. The summed E-state index contributed by atoms with van der Waals surface area (Å²) in [5, 5.41) is 5.07. The van der Waals surface area contributed by atoms with Crippen LogP contribution in [-0.2, 0) is 15.2 Å². The summed E-state index contributed by atoms with van der Waals surface area (Å²) in [5.74, 6) is -0.411. The van der Waals surface area contributed by atoms with Crippen LogP contribution in [0.3, 0.4) is 0 Å². The van der Waals surface area contributed by atoms with Gasteiger partial charge in [-0.25, -0.2) is 4.79 Å². The highest BCUT2D eigenvalue weighted by Crippen LogP contribution is 2.62. The van der Waals surface area contributed by atoms with Crippen LogP contribution in [0.15, 0.2) is 23.1 Å². The SMILES string of the molecule is CC(C)(C)OC(=O)N1CCCC(n2nc(C(=O)N3CCOCC3)c3c2-c2cccc(Cl)c2S(O)(O)C3)C1. The summed E-state index contributed by atoms with van der Waals surface area (Å²) in [7, 11) is -3.30. The number of fused-ring (bicyclic) bond motifs is 3. The molecule has 2 aromatic rings. The predicted octanol–water partition coefficient (Wildman–Crippen LogP) is 4.87. The maximum Gasteiger partial charge on any atom is 0.410 e. The van der Waals surface area contributed by atoms with Gasteiger partial charge >= 0.3 is 6.09 Å². The van der Waals surface area contributed by atoms with Crippen molar-refractivity contribution in [1.29, 1.82) is 0 Å². The molecule has 0 spiro atoms. The standard InChI is InChI=1S/C25H33ClN4O6S/c1-25(2,3)36-24(32)29-9-5-6-16(14-29)30-21-17-7-4-8-19(26)22(17)37(33,34)15-18(21)20(27-30)23(31)28-10-12-35-13-11-28/h4,7-8,16,33-34H,5-6,9-15H2,1-3H3. The van der Waals surface area contributed by atoms with Gasteiger partial charge in [0.1, 0.15) is 5.60 Å². The number of amides is 2. The van der Waals surface area contributed by atoms with Gasteiger partial charge in [-0.1, -0.05) is 23.7 Å². The van der Waals surface area contributed by atoms with E-state index in [0.29, 0.717) is 56.2 Å². The van der Waals surface area contributed by atoms with E-state index in [1.165, 1.54) is 0 Å². The van der Waals surface area contributed by atoms with E-state index in [4.69, 9.17) is 26.2 Å². The topological polar surface area (TPSA) is 117 Å². The van der Waals surface area contributed by atoms with Crippen molar-refractivity contribution in [3.63, 3.8) is 0 Å². The van der Waals surface area contributed by atoms with Crippen molar-refractivity contribution in [2.45, 2.75) is 55.9 Å². The smallest absolute Gasteiger partial charge is 0.410 e. The van der Waals surface area contributed by atoms with E-state index in [0.717, 1.165) is 12.8 Å². The molecule has 0 bridgehead atoms. The summed E-state index contributed by atoms with van der Waals surface area (Å²) < 4.78 is 35.0. The highest BCUT2D eigenvalue weighted by Gasteiger charge is 2.40. The number of ether oxygens (including phenoxy) is 2. The van der Waals surface area contributed by atoms with Gasteiger partial charge < -0.3 is 19.3 Å². The van der Waals surface area contributed by atoms with Crippen LogP contribution in [0, 0.1) is 0 Å². The largest absolute Gasteiger partial charge is 0.444 e. The van der Waals surface area contributed by atoms with Gasteiger partial charge in [-0.05, 0) is 39.7 Å². The minimum absolute atomic E-state index is 0.146. The molecule has 2 N–H and O–H groups in total. The lowest BCUT2D eigenvalue weighted by Gasteiger charge is -2.39. The molecule has 2 amide bonds. The second-order valence-corrected chi connectivity index (χ2v) is 13.1. The van der Waals surface area contributed by atoms with Crippen LogP contribution in [-0.4, -0.2) is 85.7 Å². The van der Waals surface area contributed by atoms with Gasteiger partial charge in [-0.15, -0.1) is 0 Å². The van der Waals surface area contributed by atoms with E-state index in [9.17, 15) is 18.7 Å². The molecule has 1 aromatic carbocycles. The number of halogens is 1. The zero-order chi connectivity index (χ0) is 26.5. The Bertz CT molecular complexity index is 1220. The minimum atomic E-state index is -3.30. The molecule has 10 nitrogen and oxygen atoms in total. The van der Waals surface area contributed by atoms with Gasteiger partial charge in [0.2, 0.25) is 0 Å². The molecule has 1 atom stereocenters. The average molecular weight is 553 g/mol. The molecule has 12 heteroatoms. The highest BCUT2D eigenvalue weighted by atomic mass is 35.5. The van der Waals surface area contributed by atoms with E-state index in [2.05, 4.69) is 0 Å². The minimum Gasteiger partial charge on any atom is -0.444 e. The van der Waals surface area contributed by atoms with Crippen molar-refractivity contribution < 1.29 is 28.2 Å². The molecule has 0 radical (unpaired) electrons. The summed E-state index contributed by atoms with van der Waals surface area (Å²) >= 11 is 6.46. The zero-order valence-electron chi connectivity index (χ0n) is 21.3. The molecule has 37 heavy (non-hydrogen) atoms. The Hall–Kier alpha value is -2.31. The number of hydrogen-bond acceptors (Lipinski definition) is 7. The Kier molecular flexibility index (Phi) is 6.95. The second kappa shape index (κ2) is 9.77. The summed E-state index contributed by atoms with van der Waals surface area (Å²) in [4.78, 5) is 30.1. The fraction of sp³-hybridized carbons (Fsp3) is 0.560. The number of nitrogens with zero attached hydrogens (tertiary/aromatic N) is 4. The van der Waals surface area contributed by atoms with Gasteiger partial charge in [-0.2, -0.15) is 15.7 Å². The predicted molar refractivity (Wildman–Crippen MR) is 140 cm³/mol. The van der Waals surface area contributed by atoms with Gasteiger partial charge in [0.25, 0.3) is 5.91 Å². The molecule has 0 saturated carbocycles. The van der Waals surface area contributed by atoms with E-state index < -0.39 is 16.2 Å². The third kappa shape index (κ3) is 5.07. The van der Waals surface area contributed by atoms with Gasteiger partial charge in [0, 0.05) is 37.3 Å². The first-order valence-electron chi connectivity index (χ1n) is 12.5. The normalized spacial score (nSPS) is 22.2. The molecule has 5 rings (SSSR count). The Labute approximate surface area is 222 Å². The molecule has 1 aromatic heterocycles. The number of hydrogen-bond donors (Lipinski definition) is 2. The van der Waals surface area contributed by atoms with Crippen molar-refractivity contribution >= 4 is 34.2 Å². The Morgan fingerprint density at radius 3 is 2.59 bits per heavy atom. The van der Waals surface area contributed by atoms with Crippen LogP contribution >= 0.6 is 22.2 Å². The number of rotatable bonds is 2. The first-order valence-corrected chi connectivity index (χ1v) is 14.6. The second-order valence-electron chi connectivity index (χ2n) is 10.7. The lowest BCUT2D eigenvalue weighted by molar-refractivity contribution is 0.0166. The molecule has 3 aliphatic heterocycles. The third-order valence-corrected chi connectivity index (χ3v) is 9.01. The van der Waals surface area contributed by atoms with E-state index >= 15 is 0 Å². The fourth-order valence-corrected chi connectivity index (χ4v) is 7.45. The van der Waals surface area contributed by atoms with E-state index in [1.54, 1.807) is 32.7 Å². The van der Waals surface area contributed by atoms with Crippen molar-refractivity contribution in [3.05, 3.63) is 34.5 Å². The van der Waals surface area contributed by atoms with Crippen molar-refractivity contribution in [1.82, 2.24) is 19.6 Å². The van der Waals surface area contributed by atoms with E-state index in [1.807, 2.05) is 20.8 Å². The first-order chi connectivity index (χ1) is 17.5. The van der Waals surface area contributed by atoms with Crippen LogP contribution in [0.1, 0.15) is 55.7 Å². The number of carbonyl (C=O) groups is 2. The molecular formula is C25H33ClN4O6S. The van der Waals surface area contributed by atoms with Crippen molar-refractivity contribution in [3.8, 4) is 11.3 Å². The molecule has 4 heterocycles. The first kappa shape index (κ1) is 26.3. The van der Waals surface area contributed by atoms with Crippen LogP contribution in [0.2, 0.25) is 5.02 Å². The Balaban J connectivity index is 1.59. The van der Waals surface area contributed by atoms with Crippen molar-refractivity contribution in [2.24, 2.45) is 0 Å². The van der Waals surface area contributed by atoms with Crippen molar-refractivity contribution in [2.75, 3.05) is 39.4 Å². The summed E-state index contributed by atoms with van der Waals surface area (Å²) in [5.41, 5.74) is 1.29. The number of piperidine rings is 1. The molecule has 2 saturated heterocycles. The number of likely N-dealkylation sites (tertiary alicyclic amines) is 1. The van der Waals surface area contributed by atoms with Gasteiger partial charge in [-0.3, -0.25) is 18.6 Å². The maximum absolute atomic E-state index is 13.6. The molecular weight excluding hydrogens is 520 g/mol. The Morgan fingerprint density at radius 2 is 1.89 bits per heavy atom. The quantitative estimate of drug-likeness (QED) is 0.545. The fourth-order valence-electron chi connectivity index (χ4n) is 5.19. The van der Waals surface area contributed by atoms with Crippen LogP contribution in [0.25, 0.3) is 11.3 Å². The highest BCUT2D eigenvalue weighted by molar-refractivity contribution is 8.23. The Morgan fingerprint density at radius 1 is 1.16 bits per heavy atom. The van der Waals surface area contributed by atoms with E-state index in [-0.39, 0.29) is 39.4 Å². The third-order valence-electron chi connectivity index (χ3n) is 6.80. The number of morpholine rings is 1. The summed E-state index contributed by atoms with van der Waals surface area (Å²) in [6, 6.07) is 4.93. The average Bonchev–Trinajstić information content (AvgIpc) is 3.21. The van der Waals surface area contributed by atoms with Crippen LogP contribution < -0.4 is 0 Å². The molecule has 3 aliphatic rings. The summed E-state index contributed by atoms with van der Waals surface area (Å²) in [6.45, 7) is 8.18. The molecule has 0 aliphatic carbocycles. The van der Waals surface area contributed by atoms with Crippen LogP contribution in [0.5, 0.6) is 0 Å². The maximum atomic E-state index is 13.6. The lowest BCUT2D eigenvalue weighted by Crippen LogP contribution is -2.43. The monoisotopic (exact) mass is 552 g/mol. The number of benzene rings is 1. The van der Waals surface area contributed by atoms with Crippen LogP contribution in [0.4, 0.5) is 4.79 Å². The van der Waals surface area contributed by atoms with Gasteiger partial charge in [0.15, 0.2) is 5.69 Å². The molecule has 202 valence electrons. The number of aromatic nitrogens is 2. The zero-order valence-corrected chi connectivity index (χ0v) is 22.8. The van der Waals surface area contributed by atoms with Gasteiger partial charge in [0.05, 0.1) is 40.6 Å². The lowest BCUT2D eigenvalue weighted by atomic mass is 10.0. The number of carbonyl (C=O) groups excluding carboxylic acids is 2.